The van der Waals surface area contributed by atoms with E-state index in [1.165, 1.54) is 56.7 Å². The van der Waals surface area contributed by atoms with Gasteiger partial charge in [0.25, 0.3) is 0 Å². The summed E-state index contributed by atoms with van der Waals surface area (Å²) in [5.41, 5.74) is 3.52. The van der Waals surface area contributed by atoms with Gasteiger partial charge in [-0.05, 0) is 24.0 Å². The van der Waals surface area contributed by atoms with Crippen molar-refractivity contribution in [2.45, 2.75) is 83.0 Å². The van der Waals surface area contributed by atoms with Crippen LogP contribution in [0.15, 0.2) is 36.9 Å². The molecule has 34 heavy (non-hydrogen) atoms. The fraction of sp³-hybridized carbons (Fsp3) is 0.560. The first kappa shape index (κ1) is 24.5. The van der Waals surface area contributed by atoms with Crippen LogP contribution in [0, 0.1) is 0 Å². The largest absolute Gasteiger partial charge is 0.394 e. The predicted molar refractivity (Wildman–Crippen MR) is 129 cm³/mol. The van der Waals surface area contributed by atoms with Crippen molar-refractivity contribution in [3.63, 3.8) is 0 Å². The van der Waals surface area contributed by atoms with Crippen molar-refractivity contribution in [2.24, 2.45) is 0 Å². The van der Waals surface area contributed by atoms with Crippen LogP contribution in [0.2, 0.25) is 0 Å². The van der Waals surface area contributed by atoms with Gasteiger partial charge in [-0.25, -0.2) is 15.0 Å². The highest BCUT2D eigenvalue weighted by atomic mass is 16.6. The van der Waals surface area contributed by atoms with Crippen LogP contribution in [-0.2, 0) is 17.7 Å². The molecule has 0 bridgehead atoms. The van der Waals surface area contributed by atoms with E-state index < -0.39 is 24.5 Å². The monoisotopic (exact) mass is 469 g/mol. The lowest BCUT2D eigenvalue weighted by atomic mass is 10.0. The van der Waals surface area contributed by atoms with Crippen molar-refractivity contribution in [3.05, 3.63) is 48.0 Å². The van der Waals surface area contributed by atoms with Crippen molar-refractivity contribution in [1.82, 2.24) is 19.5 Å². The minimum Gasteiger partial charge on any atom is -0.394 e. The summed E-state index contributed by atoms with van der Waals surface area (Å²) in [5.74, 6) is 0.576. The molecular weight excluding hydrogens is 434 g/mol. The molecule has 184 valence electrons. The number of unbranched alkanes of at least 4 members (excludes halogenated alkanes) is 5. The van der Waals surface area contributed by atoms with Crippen LogP contribution in [0.5, 0.6) is 0 Å². The number of aliphatic hydroxyl groups excluding tert-OH is 3. The Hall–Kier alpha value is -2.59. The summed E-state index contributed by atoms with van der Waals surface area (Å²) in [5, 5.41) is 33.1. The molecule has 1 aromatic carbocycles. The second-order valence-corrected chi connectivity index (χ2v) is 8.96. The van der Waals surface area contributed by atoms with E-state index in [2.05, 4.69) is 51.5 Å². The van der Waals surface area contributed by atoms with Gasteiger partial charge in [0.15, 0.2) is 23.2 Å². The Morgan fingerprint density at radius 3 is 2.41 bits per heavy atom. The highest BCUT2D eigenvalue weighted by Crippen LogP contribution is 2.32. The third kappa shape index (κ3) is 5.55. The first-order chi connectivity index (χ1) is 16.6. The molecule has 1 saturated heterocycles. The normalized spacial score (nSPS) is 22.5. The Labute approximate surface area is 199 Å². The number of rotatable bonds is 12. The lowest BCUT2D eigenvalue weighted by Gasteiger charge is -2.16. The molecule has 0 amide bonds. The highest BCUT2D eigenvalue weighted by Gasteiger charge is 2.44. The number of ether oxygens (including phenoxy) is 1. The SMILES string of the molecule is CCCCCCCCc1ccc(CNc2ncnc3c2ncn3C2O[C@H](CO)[C@@H](O)[C@H]2O)cc1. The third-order valence-corrected chi connectivity index (χ3v) is 6.45. The molecule has 0 saturated carbocycles. The van der Waals surface area contributed by atoms with Crippen LogP contribution >= 0.6 is 0 Å². The van der Waals surface area contributed by atoms with Gasteiger partial charge >= 0.3 is 0 Å². The Kier molecular flexibility index (Phi) is 8.44. The summed E-state index contributed by atoms with van der Waals surface area (Å²) in [6.07, 6.45) is 7.73. The number of imidazole rings is 1. The standard InChI is InChI=1S/C25H35N5O4/c1-2-3-4-5-6-7-8-17-9-11-18(12-10-17)13-26-23-20-24(28-15-27-23)30(16-29-20)25-22(33)21(32)19(14-31)34-25/h9-12,15-16,19,21-22,25,31-33H,2-8,13-14H2,1H3,(H,26,27,28)/t19-,21-,22-,25?/m1/s1. The molecule has 3 aromatic rings. The average molecular weight is 470 g/mol. The summed E-state index contributed by atoms with van der Waals surface area (Å²) in [7, 11) is 0. The molecule has 1 fully saturated rings. The molecule has 4 atom stereocenters. The van der Waals surface area contributed by atoms with E-state index in [0.29, 0.717) is 23.5 Å². The average Bonchev–Trinajstić information content (AvgIpc) is 3.41. The molecule has 0 radical (unpaired) electrons. The number of fused-ring (bicyclic) bond motifs is 1. The van der Waals surface area contributed by atoms with E-state index in [-0.39, 0.29) is 6.61 Å². The Morgan fingerprint density at radius 1 is 0.941 bits per heavy atom. The van der Waals surface area contributed by atoms with Crippen LogP contribution in [-0.4, -0.2) is 59.8 Å². The summed E-state index contributed by atoms with van der Waals surface area (Å²) in [4.78, 5) is 13.0. The Bertz CT molecular complexity index is 1040. The smallest absolute Gasteiger partial charge is 0.167 e. The molecule has 9 nitrogen and oxygen atoms in total. The van der Waals surface area contributed by atoms with E-state index >= 15 is 0 Å². The molecule has 1 unspecified atom stereocenters. The zero-order valence-electron chi connectivity index (χ0n) is 19.7. The molecule has 2 aromatic heterocycles. The van der Waals surface area contributed by atoms with Crippen molar-refractivity contribution in [1.29, 1.82) is 0 Å². The molecule has 0 spiro atoms. The molecular formula is C25H35N5O4. The Balaban J connectivity index is 1.35. The zero-order valence-corrected chi connectivity index (χ0v) is 19.7. The number of nitrogens with zero attached hydrogens (tertiary/aromatic N) is 4. The predicted octanol–water partition coefficient (Wildman–Crippen LogP) is 2.95. The van der Waals surface area contributed by atoms with Crippen molar-refractivity contribution in [3.8, 4) is 0 Å². The van der Waals surface area contributed by atoms with E-state index in [1.54, 1.807) is 4.57 Å². The first-order valence-corrected chi connectivity index (χ1v) is 12.2. The summed E-state index contributed by atoms with van der Waals surface area (Å²) >= 11 is 0. The van der Waals surface area contributed by atoms with Gasteiger partial charge in [0.1, 0.15) is 24.6 Å². The highest BCUT2D eigenvalue weighted by molar-refractivity contribution is 5.82. The second-order valence-electron chi connectivity index (χ2n) is 8.96. The van der Waals surface area contributed by atoms with E-state index in [4.69, 9.17) is 4.74 Å². The van der Waals surface area contributed by atoms with Gasteiger partial charge in [-0.3, -0.25) is 4.57 Å². The van der Waals surface area contributed by atoms with Crippen LogP contribution in [0.25, 0.3) is 11.2 Å². The van der Waals surface area contributed by atoms with Gasteiger partial charge in [-0.2, -0.15) is 0 Å². The van der Waals surface area contributed by atoms with Gasteiger partial charge < -0.3 is 25.4 Å². The fourth-order valence-electron chi connectivity index (χ4n) is 4.40. The summed E-state index contributed by atoms with van der Waals surface area (Å²) in [6.45, 7) is 2.44. The number of anilines is 1. The molecule has 1 aliphatic heterocycles. The summed E-state index contributed by atoms with van der Waals surface area (Å²) in [6, 6.07) is 8.65. The molecule has 4 N–H and O–H groups in total. The maximum atomic E-state index is 10.3. The zero-order chi connectivity index (χ0) is 23.9. The van der Waals surface area contributed by atoms with E-state index in [9.17, 15) is 15.3 Å². The quantitative estimate of drug-likeness (QED) is 0.298. The lowest BCUT2D eigenvalue weighted by molar-refractivity contribution is -0.0511. The van der Waals surface area contributed by atoms with Gasteiger partial charge in [-0.1, -0.05) is 63.3 Å². The van der Waals surface area contributed by atoms with Crippen LogP contribution in [0.3, 0.4) is 0 Å². The van der Waals surface area contributed by atoms with E-state index in [1.807, 2.05) is 0 Å². The maximum Gasteiger partial charge on any atom is 0.167 e. The van der Waals surface area contributed by atoms with Crippen molar-refractivity contribution >= 4 is 17.0 Å². The molecule has 4 rings (SSSR count). The molecule has 1 aliphatic rings. The van der Waals surface area contributed by atoms with Crippen LogP contribution in [0.1, 0.15) is 62.8 Å². The van der Waals surface area contributed by atoms with Gasteiger partial charge in [0.05, 0.1) is 12.9 Å². The minimum atomic E-state index is -1.20. The summed E-state index contributed by atoms with van der Waals surface area (Å²) < 4.78 is 7.17. The van der Waals surface area contributed by atoms with Crippen molar-refractivity contribution < 1.29 is 20.1 Å². The van der Waals surface area contributed by atoms with Gasteiger partial charge in [-0.15, -0.1) is 0 Å². The number of benzene rings is 1. The number of nitrogens with one attached hydrogen (secondary N) is 1. The molecule has 9 heteroatoms. The number of hydrogen-bond donors (Lipinski definition) is 4. The number of aromatic nitrogens is 4. The van der Waals surface area contributed by atoms with Crippen LogP contribution in [0.4, 0.5) is 5.82 Å². The topological polar surface area (TPSA) is 126 Å². The van der Waals surface area contributed by atoms with Gasteiger partial charge in [0.2, 0.25) is 0 Å². The van der Waals surface area contributed by atoms with E-state index in [0.717, 1.165) is 12.0 Å². The first-order valence-electron chi connectivity index (χ1n) is 12.2. The fourth-order valence-corrected chi connectivity index (χ4v) is 4.40. The maximum absolute atomic E-state index is 10.3. The number of aliphatic hydroxyl groups is 3. The third-order valence-electron chi connectivity index (χ3n) is 6.45. The molecule has 0 aliphatic carbocycles. The lowest BCUT2D eigenvalue weighted by Crippen LogP contribution is -2.33. The van der Waals surface area contributed by atoms with Crippen molar-refractivity contribution in [2.75, 3.05) is 11.9 Å². The number of aryl methyl sites for hydroxylation is 1. The Morgan fingerprint density at radius 2 is 1.68 bits per heavy atom. The number of hydrogen-bond acceptors (Lipinski definition) is 8. The molecule has 3 heterocycles. The minimum absolute atomic E-state index is 0.388. The van der Waals surface area contributed by atoms with Gasteiger partial charge in [0, 0.05) is 6.54 Å². The van der Waals surface area contributed by atoms with Crippen LogP contribution < -0.4 is 5.32 Å². The second kappa shape index (κ2) is 11.7.